The van der Waals surface area contributed by atoms with Crippen LogP contribution in [0.1, 0.15) is 87.6 Å². The fraction of sp³-hybridized carbons (Fsp3) is 0.450. The van der Waals surface area contributed by atoms with Crippen molar-refractivity contribution in [3.63, 3.8) is 0 Å². The van der Waals surface area contributed by atoms with E-state index < -0.39 is 24.3 Å². The summed E-state index contributed by atoms with van der Waals surface area (Å²) in [4.78, 5) is 73.1. The van der Waals surface area contributed by atoms with Crippen LogP contribution in [0.3, 0.4) is 0 Å². The zero-order valence-corrected chi connectivity index (χ0v) is 33.9. The highest BCUT2D eigenvalue weighted by Gasteiger charge is 2.39. The molecule has 1 unspecified atom stereocenters. The third-order valence-electron chi connectivity index (χ3n) is 10.4. The van der Waals surface area contributed by atoms with Gasteiger partial charge >= 0.3 is 12.2 Å². The number of methoxy groups -OCH3 is 2. The molecule has 1 aromatic carbocycles. The molecule has 4 aromatic heterocycles. The Hall–Kier alpha value is -5.40. The zero-order valence-electron chi connectivity index (χ0n) is 32.2. The summed E-state index contributed by atoms with van der Waals surface area (Å²) in [6.45, 7) is 8.79. The lowest BCUT2D eigenvalue weighted by Gasteiger charge is -2.30. The van der Waals surface area contributed by atoms with Crippen LogP contribution >= 0.6 is 22.7 Å². The number of imidazole rings is 2. The number of aromatic nitrogens is 4. The summed E-state index contributed by atoms with van der Waals surface area (Å²) in [6.07, 6.45) is 3.83. The molecule has 0 spiro atoms. The monoisotopic (exact) mass is 798 g/mol. The number of hydrogen-bond acceptors (Lipinski definition) is 10. The number of nitrogens with one attached hydrogen (secondary N) is 4. The Kier molecular flexibility index (Phi) is 11.4. The minimum Gasteiger partial charge on any atom is -0.453 e. The summed E-state index contributed by atoms with van der Waals surface area (Å²) >= 11 is 3.29. The van der Waals surface area contributed by atoms with Gasteiger partial charge in [-0.25, -0.2) is 19.6 Å². The normalized spacial score (nSPS) is 18.0. The molecule has 4 N–H and O–H groups in total. The van der Waals surface area contributed by atoms with Gasteiger partial charge in [-0.2, -0.15) is 0 Å². The molecular weight excluding hydrogens is 753 g/mol. The zero-order chi connectivity index (χ0) is 39.7. The van der Waals surface area contributed by atoms with Crippen molar-refractivity contribution in [2.45, 2.75) is 77.5 Å². The van der Waals surface area contributed by atoms with E-state index in [4.69, 9.17) is 14.5 Å². The molecule has 16 heteroatoms. The summed E-state index contributed by atoms with van der Waals surface area (Å²) < 4.78 is 11.8. The molecule has 5 aromatic rings. The van der Waals surface area contributed by atoms with E-state index in [0.717, 1.165) is 78.8 Å². The van der Waals surface area contributed by atoms with Gasteiger partial charge in [0.05, 0.1) is 59.0 Å². The molecule has 7 rings (SSSR count). The molecule has 56 heavy (non-hydrogen) atoms. The van der Waals surface area contributed by atoms with Gasteiger partial charge in [0.2, 0.25) is 11.8 Å². The van der Waals surface area contributed by atoms with Gasteiger partial charge in [0, 0.05) is 28.1 Å². The quantitative estimate of drug-likeness (QED) is 0.119. The van der Waals surface area contributed by atoms with Gasteiger partial charge in [-0.3, -0.25) is 9.59 Å². The number of amides is 4. The van der Waals surface area contributed by atoms with E-state index in [1.54, 1.807) is 27.6 Å². The fourth-order valence-electron chi connectivity index (χ4n) is 7.45. The fourth-order valence-corrected chi connectivity index (χ4v) is 9.66. The highest BCUT2D eigenvalue weighted by molar-refractivity contribution is 7.29. The average molecular weight is 799 g/mol. The number of benzene rings is 1. The minimum absolute atomic E-state index is 0.103. The van der Waals surface area contributed by atoms with Crippen LogP contribution in [0.2, 0.25) is 0 Å². The summed E-state index contributed by atoms with van der Waals surface area (Å²) in [5.41, 5.74) is 3.38. The maximum Gasteiger partial charge on any atom is 0.407 e. The van der Waals surface area contributed by atoms with E-state index in [-0.39, 0.29) is 35.7 Å². The first kappa shape index (κ1) is 38.9. The second kappa shape index (κ2) is 16.4. The molecule has 0 radical (unpaired) electrons. The molecular formula is C40H46N8O6S2. The van der Waals surface area contributed by atoms with Crippen LogP contribution in [0.15, 0.2) is 36.5 Å². The van der Waals surface area contributed by atoms with Crippen LogP contribution in [0, 0.1) is 23.7 Å². The van der Waals surface area contributed by atoms with Crippen LogP contribution in [0.25, 0.3) is 31.0 Å². The number of likely N-dealkylation sites (tertiary alicyclic amines) is 2. The SMILES string of the molecule is COC(=O)N[C@H](C(=O)N1CCCC1c1nc2ccc(C#Cc3cc4sc(-c5cnc([C@H]6CCCN6C(=O)[C@H](NC(=O)OC)C(C)C)[nH]5)cc4s3)cc2[nH]1)C(C)C. The summed E-state index contributed by atoms with van der Waals surface area (Å²) in [5, 5.41) is 5.39. The lowest BCUT2D eigenvalue weighted by molar-refractivity contribution is -0.136. The van der Waals surface area contributed by atoms with E-state index >= 15 is 0 Å². The smallest absolute Gasteiger partial charge is 0.407 e. The van der Waals surface area contributed by atoms with Crippen molar-refractivity contribution in [3.05, 3.63) is 58.6 Å². The molecule has 2 fully saturated rings. The van der Waals surface area contributed by atoms with Crippen molar-refractivity contribution in [1.82, 2.24) is 40.4 Å². The number of ether oxygens (including phenoxy) is 2. The van der Waals surface area contributed by atoms with Crippen LogP contribution < -0.4 is 10.6 Å². The van der Waals surface area contributed by atoms with Crippen molar-refractivity contribution in [3.8, 4) is 22.4 Å². The number of fused-ring (bicyclic) bond motifs is 2. The molecule has 2 aliphatic rings. The molecule has 0 bridgehead atoms. The highest BCUT2D eigenvalue weighted by Crippen LogP contribution is 2.39. The maximum absolute atomic E-state index is 13.6. The topological polar surface area (TPSA) is 175 Å². The van der Waals surface area contributed by atoms with Gasteiger partial charge in [0.25, 0.3) is 0 Å². The van der Waals surface area contributed by atoms with E-state index in [1.165, 1.54) is 14.2 Å². The maximum atomic E-state index is 13.6. The Morgan fingerprint density at radius 3 is 2.00 bits per heavy atom. The van der Waals surface area contributed by atoms with Gasteiger partial charge in [-0.05, 0) is 67.9 Å². The Labute approximate surface area is 332 Å². The van der Waals surface area contributed by atoms with Gasteiger partial charge in [0.1, 0.15) is 23.7 Å². The van der Waals surface area contributed by atoms with E-state index in [9.17, 15) is 19.2 Å². The molecule has 14 nitrogen and oxygen atoms in total. The second-order valence-electron chi connectivity index (χ2n) is 14.8. The van der Waals surface area contributed by atoms with E-state index in [2.05, 4.69) is 49.6 Å². The summed E-state index contributed by atoms with van der Waals surface area (Å²) in [7, 11) is 2.58. The number of carbonyl (C=O) groups is 4. The summed E-state index contributed by atoms with van der Waals surface area (Å²) in [5.74, 6) is 7.59. The van der Waals surface area contributed by atoms with Gasteiger partial charge < -0.3 is 39.9 Å². The van der Waals surface area contributed by atoms with E-state index in [1.807, 2.05) is 57.0 Å². The second-order valence-corrected chi connectivity index (χ2v) is 17.0. The molecule has 4 atom stereocenters. The Bertz CT molecular complexity index is 2300. The predicted octanol–water partition coefficient (Wildman–Crippen LogP) is 6.72. The number of aromatic amines is 2. The third-order valence-corrected chi connectivity index (χ3v) is 12.6. The first-order valence-electron chi connectivity index (χ1n) is 18.8. The number of H-pyrrole nitrogens is 2. The minimum atomic E-state index is -0.693. The van der Waals surface area contributed by atoms with Gasteiger partial charge in [-0.1, -0.05) is 39.5 Å². The number of thiophene rings is 2. The average Bonchev–Trinajstić information content (AvgIpc) is 4.03. The molecule has 4 amide bonds. The number of carbonyl (C=O) groups excluding carboxylic acids is 4. The first-order chi connectivity index (χ1) is 26.9. The number of rotatable bonds is 9. The molecule has 2 saturated heterocycles. The van der Waals surface area contributed by atoms with Crippen LogP contribution in [-0.2, 0) is 19.1 Å². The van der Waals surface area contributed by atoms with Crippen LogP contribution in [-0.4, -0.2) is 93.1 Å². The van der Waals surface area contributed by atoms with Gasteiger partial charge in [-0.15, -0.1) is 22.7 Å². The van der Waals surface area contributed by atoms with E-state index in [0.29, 0.717) is 13.1 Å². The molecule has 0 saturated carbocycles. The van der Waals surface area contributed by atoms with Crippen molar-refractivity contribution < 1.29 is 28.7 Å². The van der Waals surface area contributed by atoms with Crippen LogP contribution in [0.4, 0.5) is 9.59 Å². The Morgan fingerprint density at radius 1 is 0.804 bits per heavy atom. The van der Waals surface area contributed by atoms with Crippen molar-refractivity contribution in [2.24, 2.45) is 11.8 Å². The number of hydrogen-bond donors (Lipinski definition) is 4. The van der Waals surface area contributed by atoms with Gasteiger partial charge in [0.15, 0.2) is 0 Å². The van der Waals surface area contributed by atoms with Crippen LogP contribution in [0.5, 0.6) is 0 Å². The lowest BCUT2D eigenvalue weighted by atomic mass is 10.0. The third kappa shape index (κ3) is 7.96. The first-order valence-corrected chi connectivity index (χ1v) is 20.5. The molecule has 2 aliphatic heterocycles. The number of alkyl carbamates (subject to hydrolysis) is 2. The standard InChI is InChI=1S/C40H46N8O6S2/c1-21(2)33(45-39(51)53-5)37(49)47-15-7-9-28(47)35-41-20-27(44-35)30-19-32-31(56-30)18-24(55-32)13-11-23-12-14-25-26(17-23)43-36(42-25)29-10-8-16-48(29)38(50)34(22(3)4)46-40(52)54-6/h12,14,17-22,28-29,33-34H,7-10,15-16H2,1-6H3,(H,41,44)(H,42,43)(H,45,51)(H,46,52)/t28-,29?,33-,34+/m1/s1. The van der Waals surface area contributed by atoms with Crippen molar-refractivity contribution >= 4 is 67.1 Å². The largest absolute Gasteiger partial charge is 0.453 e. The predicted molar refractivity (Wildman–Crippen MR) is 215 cm³/mol. The van der Waals surface area contributed by atoms with Crippen molar-refractivity contribution in [2.75, 3.05) is 27.3 Å². The highest BCUT2D eigenvalue weighted by atomic mass is 32.1. The lowest BCUT2D eigenvalue weighted by Crippen LogP contribution is -2.51. The molecule has 294 valence electrons. The number of nitrogens with zero attached hydrogens (tertiary/aromatic N) is 4. The van der Waals surface area contributed by atoms with Crippen molar-refractivity contribution in [1.29, 1.82) is 0 Å². The molecule has 6 heterocycles. The summed E-state index contributed by atoms with van der Waals surface area (Å²) in [6, 6.07) is 8.33. The Morgan fingerprint density at radius 2 is 1.41 bits per heavy atom. The molecule has 0 aliphatic carbocycles. The Balaban J connectivity index is 1.03.